The zero-order valence-corrected chi connectivity index (χ0v) is 17.8. The maximum absolute atomic E-state index is 2.44. The fourth-order valence-corrected chi connectivity index (χ4v) is 5.81. The number of hydrogen-bond acceptors (Lipinski definition) is 1. The van der Waals surface area contributed by atoms with E-state index in [9.17, 15) is 0 Å². The van der Waals surface area contributed by atoms with Crippen molar-refractivity contribution in [3.63, 3.8) is 0 Å². The third-order valence-corrected chi connectivity index (χ3v) is 6.84. The Balaban J connectivity index is 4.92. The fraction of sp³-hybridized carbons (Fsp3) is 1.00. The second kappa shape index (κ2) is 6.85. The second-order valence-corrected chi connectivity index (χ2v) is 12.7. The van der Waals surface area contributed by atoms with Gasteiger partial charge in [-0.15, -0.1) is 11.8 Å². The topological polar surface area (TPSA) is 0 Å². The molecular weight excluding hydrogens is 272 g/mol. The quantitative estimate of drug-likeness (QED) is 0.449. The van der Waals surface area contributed by atoms with Crippen LogP contribution in [0.5, 0.6) is 0 Å². The minimum atomic E-state index is 0.324. The largest absolute Gasteiger partial charge is 0.149 e. The molecular formula is C20H42S. The summed E-state index contributed by atoms with van der Waals surface area (Å²) in [5, 5.41) is 0. The van der Waals surface area contributed by atoms with Crippen molar-refractivity contribution in [1.82, 2.24) is 0 Å². The number of hydrogen-bond donors (Lipinski definition) is 0. The van der Waals surface area contributed by atoms with Crippen LogP contribution >= 0.6 is 11.8 Å². The molecule has 0 aliphatic carbocycles. The van der Waals surface area contributed by atoms with Crippen molar-refractivity contribution < 1.29 is 0 Å². The molecule has 0 saturated heterocycles. The summed E-state index contributed by atoms with van der Waals surface area (Å²) < 4.78 is 0.647. The third-order valence-electron chi connectivity index (χ3n) is 5.44. The molecule has 21 heavy (non-hydrogen) atoms. The van der Waals surface area contributed by atoms with Crippen molar-refractivity contribution in [2.24, 2.45) is 22.7 Å². The third kappa shape index (κ3) is 7.44. The van der Waals surface area contributed by atoms with Gasteiger partial charge in [-0.1, -0.05) is 83.1 Å². The maximum atomic E-state index is 2.44. The van der Waals surface area contributed by atoms with E-state index in [1.54, 1.807) is 0 Å². The smallest absolute Gasteiger partial charge is 0.0114 e. The van der Waals surface area contributed by atoms with E-state index in [1.807, 2.05) is 0 Å². The standard InChI is InChI=1S/C20H42S/c1-15(2)17(5,6)13-19(9,10)21-20(11,12)14-18(7,8)16(3)4/h15-16H,13-14H2,1-12H3. The molecule has 0 aromatic rings. The van der Waals surface area contributed by atoms with E-state index in [2.05, 4.69) is 94.8 Å². The Hall–Kier alpha value is 0.350. The molecule has 128 valence electrons. The monoisotopic (exact) mass is 314 g/mol. The van der Waals surface area contributed by atoms with Crippen LogP contribution in [0.25, 0.3) is 0 Å². The van der Waals surface area contributed by atoms with Crippen molar-refractivity contribution in [1.29, 1.82) is 0 Å². The van der Waals surface area contributed by atoms with Crippen LogP contribution in [0.1, 0.15) is 95.9 Å². The first-order valence-corrected chi connectivity index (χ1v) is 9.53. The van der Waals surface area contributed by atoms with E-state index in [4.69, 9.17) is 0 Å². The molecule has 0 aromatic heterocycles. The second-order valence-electron chi connectivity index (χ2n) is 10.3. The van der Waals surface area contributed by atoms with Crippen LogP contribution in [0.2, 0.25) is 0 Å². The summed E-state index contributed by atoms with van der Waals surface area (Å²) in [6.45, 7) is 28.9. The molecule has 0 fully saturated rings. The summed E-state index contributed by atoms with van der Waals surface area (Å²) >= 11 is 2.19. The summed E-state index contributed by atoms with van der Waals surface area (Å²) in [7, 11) is 0. The van der Waals surface area contributed by atoms with Gasteiger partial charge < -0.3 is 0 Å². The van der Waals surface area contributed by atoms with E-state index in [0.717, 1.165) is 11.8 Å². The van der Waals surface area contributed by atoms with Gasteiger partial charge in [0.1, 0.15) is 0 Å². The highest BCUT2D eigenvalue weighted by atomic mass is 32.2. The Kier molecular flexibility index (Phi) is 6.96. The van der Waals surface area contributed by atoms with Crippen LogP contribution in [0.3, 0.4) is 0 Å². The normalized spacial score (nSPS) is 15.1. The van der Waals surface area contributed by atoms with Gasteiger partial charge in [0.2, 0.25) is 0 Å². The highest BCUT2D eigenvalue weighted by Gasteiger charge is 2.38. The molecule has 0 heterocycles. The van der Waals surface area contributed by atoms with Gasteiger partial charge in [-0.2, -0.15) is 0 Å². The number of rotatable bonds is 8. The van der Waals surface area contributed by atoms with E-state index in [0.29, 0.717) is 20.3 Å². The Labute approximate surface area is 140 Å². The molecule has 0 aliphatic rings. The molecule has 0 aromatic carbocycles. The van der Waals surface area contributed by atoms with E-state index >= 15 is 0 Å². The van der Waals surface area contributed by atoms with Crippen molar-refractivity contribution in [3.8, 4) is 0 Å². The first-order valence-electron chi connectivity index (χ1n) is 8.71. The summed E-state index contributed by atoms with van der Waals surface area (Å²) in [4.78, 5) is 0. The summed E-state index contributed by atoms with van der Waals surface area (Å²) in [6.07, 6.45) is 2.54. The zero-order chi connectivity index (χ0) is 17.3. The van der Waals surface area contributed by atoms with Crippen LogP contribution in [-0.2, 0) is 0 Å². The van der Waals surface area contributed by atoms with Crippen molar-refractivity contribution in [2.45, 2.75) is 105 Å². The maximum Gasteiger partial charge on any atom is 0.0114 e. The molecule has 0 nitrogen and oxygen atoms in total. The molecule has 0 saturated carbocycles. The first-order chi connectivity index (χ1) is 9.01. The van der Waals surface area contributed by atoms with Gasteiger partial charge in [0.15, 0.2) is 0 Å². The van der Waals surface area contributed by atoms with Crippen molar-refractivity contribution in [3.05, 3.63) is 0 Å². The zero-order valence-electron chi connectivity index (χ0n) is 17.0. The first kappa shape index (κ1) is 21.4. The summed E-state index contributed by atoms with van der Waals surface area (Å²) in [5.41, 5.74) is 0.806. The van der Waals surface area contributed by atoms with Gasteiger partial charge in [-0.3, -0.25) is 0 Å². The van der Waals surface area contributed by atoms with E-state index in [-0.39, 0.29) is 0 Å². The van der Waals surface area contributed by atoms with Crippen LogP contribution in [0.4, 0.5) is 0 Å². The van der Waals surface area contributed by atoms with Crippen LogP contribution in [0.15, 0.2) is 0 Å². The number of thioether (sulfide) groups is 1. The van der Waals surface area contributed by atoms with Gasteiger partial charge in [0.25, 0.3) is 0 Å². The molecule has 0 unspecified atom stereocenters. The molecule has 0 amide bonds. The predicted octanol–water partition coefficient (Wildman–Crippen LogP) is 7.42. The lowest BCUT2D eigenvalue weighted by Gasteiger charge is -2.44. The molecule has 0 bridgehead atoms. The molecule has 0 N–H and O–H groups in total. The summed E-state index contributed by atoms with van der Waals surface area (Å²) in [6, 6.07) is 0. The van der Waals surface area contributed by atoms with E-state index < -0.39 is 0 Å². The highest BCUT2D eigenvalue weighted by Crippen LogP contribution is 2.49. The fourth-order valence-electron chi connectivity index (χ4n) is 3.42. The lowest BCUT2D eigenvalue weighted by atomic mass is 9.74. The van der Waals surface area contributed by atoms with Crippen LogP contribution in [0, 0.1) is 22.7 Å². The van der Waals surface area contributed by atoms with Gasteiger partial charge >= 0.3 is 0 Å². The summed E-state index contributed by atoms with van der Waals surface area (Å²) in [5.74, 6) is 1.46. The Bertz CT molecular complexity index is 287. The van der Waals surface area contributed by atoms with Gasteiger partial charge in [0.05, 0.1) is 0 Å². The van der Waals surface area contributed by atoms with Gasteiger partial charge in [0, 0.05) is 9.49 Å². The minimum Gasteiger partial charge on any atom is -0.149 e. The van der Waals surface area contributed by atoms with Gasteiger partial charge in [-0.25, -0.2) is 0 Å². The lowest BCUT2D eigenvalue weighted by Crippen LogP contribution is -2.36. The SMILES string of the molecule is CC(C)C(C)(C)CC(C)(C)SC(C)(C)CC(C)(C)C(C)C. The highest BCUT2D eigenvalue weighted by molar-refractivity contribution is 8.01. The Morgan fingerprint density at radius 2 is 0.810 bits per heavy atom. The molecule has 0 atom stereocenters. The average molecular weight is 315 g/mol. The van der Waals surface area contributed by atoms with Crippen LogP contribution < -0.4 is 0 Å². The predicted molar refractivity (Wildman–Crippen MR) is 102 cm³/mol. The molecule has 0 spiro atoms. The average Bonchev–Trinajstić information content (AvgIpc) is 2.10. The molecule has 0 rings (SSSR count). The van der Waals surface area contributed by atoms with Crippen molar-refractivity contribution in [2.75, 3.05) is 0 Å². The van der Waals surface area contributed by atoms with E-state index in [1.165, 1.54) is 12.8 Å². The minimum absolute atomic E-state index is 0.324. The Morgan fingerprint density at radius 1 is 0.571 bits per heavy atom. The Morgan fingerprint density at radius 3 is 1.00 bits per heavy atom. The van der Waals surface area contributed by atoms with Gasteiger partial charge in [-0.05, 0) is 35.5 Å². The molecule has 1 heteroatoms. The molecule has 0 radical (unpaired) electrons. The lowest BCUT2D eigenvalue weighted by molar-refractivity contribution is 0.202. The molecule has 0 aliphatic heterocycles. The van der Waals surface area contributed by atoms with Crippen molar-refractivity contribution >= 4 is 11.8 Å². The van der Waals surface area contributed by atoms with Crippen LogP contribution in [-0.4, -0.2) is 9.49 Å².